The Balaban J connectivity index is 1.93. The zero-order chi connectivity index (χ0) is 8.40. The predicted molar refractivity (Wildman–Crippen MR) is 45.6 cm³/mol. The molecule has 2 bridgehead atoms. The van der Waals surface area contributed by atoms with Gasteiger partial charge in [0.2, 0.25) is 5.91 Å². The van der Waals surface area contributed by atoms with Crippen molar-refractivity contribution in [2.45, 2.75) is 43.2 Å². The third-order valence-corrected chi connectivity index (χ3v) is 3.94. The Morgan fingerprint density at radius 3 is 2.33 bits per heavy atom. The molecule has 0 aromatic heterocycles. The predicted octanol–water partition coefficient (Wildman–Crippen LogP) is 1.47. The van der Waals surface area contributed by atoms with Crippen LogP contribution in [0.3, 0.4) is 0 Å². The van der Waals surface area contributed by atoms with Crippen LogP contribution in [0.5, 0.6) is 0 Å². The molecule has 3 heterocycles. The topological polar surface area (TPSA) is 20.3 Å². The van der Waals surface area contributed by atoms with Crippen LogP contribution in [0, 0.1) is 0 Å². The molecule has 2 nitrogen and oxygen atoms in total. The lowest BCUT2D eigenvalue weighted by molar-refractivity contribution is -0.284. The van der Waals surface area contributed by atoms with Gasteiger partial charge in [-0.3, -0.25) is 4.79 Å². The summed E-state index contributed by atoms with van der Waals surface area (Å²) < 4.78 is 0. The molecule has 0 N–H and O–H groups in total. The maximum Gasteiger partial charge on any atom is 0.246 e. The van der Waals surface area contributed by atoms with Gasteiger partial charge >= 0.3 is 0 Å². The lowest BCUT2D eigenvalue weighted by Crippen LogP contribution is -2.89. The smallest absolute Gasteiger partial charge is 0.246 e. The van der Waals surface area contributed by atoms with E-state index >= 15 is 0 Å². The van der Waals surface area contributed by atoms with Crippen molar-refractivity contribution in [3.05, 3.63) is 12.7 Å². The van der Waals surface area contributed by atoms with Gasteiger partial charge in [0.05, 0.1) is 0 Å². The highest BCUT2D eigenvalue weighted by Gasteiger charge is 2.76. The Labute approximate surface area is 72.2 Å². The molecule has 6 aliphatic rings. The number of piperidine rings is 1. The first-order valence-corrected chi connectivity index (χ1v) is 4.69. The van der Waals surface area contributed by atoms with Crippen LogP contribution in [0.1, 0.15) is 32.1 Å². The van der Waals surface area contributed by atoms with E-state index in [1.54, 1.807) is 0 Å². The molecular weight excluding hydrogens is 150 g/mol. The number of hydrogen-bond acceptors (Lipinski definition) is 1. The molecule has 12 heavy (non-hydrogen) atoms. The van der Waals surface area contributed by atoms with Gasteiger partial charge < -0.3 is 4.90 Å². The first kappa shape index (κ1) is 6.70. The van der Waals surface area contributed by atoms with Crippen LogP contribution in [-0.4, -0.2) is 21.9 Å². The molecule has 3 saturated carbocycles. The fraction of sp³-hybridized carbons (Fsp3) is 0.700. The molecule has 3 saturated heterocycles. The summed E-state index contributed by atoms with van der Waals surface area (Å²) in [5, 5.41) is 0. The molecule has 0 aromatic carbocycles. The number of amides is 1. The van der Waals surface area contributed by atoms with E-state index in [2.05, 4.69) is 11.5 Å². The summed E-state index contributed by atoms with van der Waals surface area (Å²) in [6.45, 7) is 3.55. The van der Waals surface area contributed by atoms with Crippen molar-refractivity contribution >= 4 is 5.91 Å². The summed E-state index contributed by atoms with van der Waals surface area (Å²) in [6.07, 6.45) is 7.80. The molecule has 0 radical (unpaired) electrons. The summed E-state index contributed by atoms with van der Waals surface area (Å²) >= 11 is 0. The summed E-state index contributed by atoms with van der Waals surface area (Å²) in [5.41, 5.74) is 0.618. The first-order chi connectivity index (χ1) is 5.72. The molecule has 0 unspecified atom stereocenters. The Morgan fingerprint density at radius 2 is 1.92 bits per heavy atom. The largest absolute Gasteiger partial charge is 0.327 e. The Bertz CT molecular complexity index is 249. The van der Waals surface area contributed by atoms with Crippen LogP contribution in [0.4, 0.5) is 0 Å². The normalized spacial score (nSPS) is 47.5. The van der Waals surface area contributed by atoms with Gasteiger partial charge in [-0.2, -0.15) is 0 Å². The number of nitrogens with zero attached hydrogens (tertiary/aromatic N) is 1. The van der Waals surface area contributed by atoms with E-state index in [-0.39, 0.29) is 5.91 Å². The average Bonchev–Trinajstić information content (AvgIpc) is 2.03. The van der Waals surface area contributed by atoms with Crippen molar-refractivity contribution in [1.82, 2.24) is 4.90 Å². The molecule has 0 aromatic rings. The van der Waals surface area contributed by atoms with E-state index in [4.69, 9.17) is 0 Å². The van der Waals surface area contributed by atoms with Crippen LogP contribution >= 0.6 is 0 Å². The third-order valence-electron chi connectivity index (χ3n) is 3.94. The lowest BCUT2D eigenvalue weighted by Gasteiger charge is -2.82. The van der Waals surface area contributed by atoms with Crippen LogP contribution < -0.4 is 0 Å². The van der Waals surface area contributed by atoms with Crippen molar-refractivity contribution < 1.29 is 4.79 Å². The minimum atomic E-state index is 0.159. The second-order valence-electron chi connectivity index (χ2n) is 4.53. The standard InChI is InChI=1S/C10H13NO/c1-2-8(12)11-9-4-3-5-10(11,6-9)7-9/h2H,1,3-7H2. The summed E-state index contributed by atoms with van der Waals surface area (Å²) in [7, 11) is 0. The lowest BCUT2D eigenvalue weighted by atomic mass is 9.43. The van der Waals surface area contributed by atoms with E-state index in [1.165, 1.54) is 38.2 Å². The van der Waals surface area contributed by atoms with Crippen molar-refractivity contribution in [3.8, 4) is 0 Å². The molecule has 3 aliphatic heterocycles. The quantitative estimate of drug-likeness (QED) is 0.536. The highest BCUT2D eigenvalue weighted by molar-refractivity contribution is 5.91. The monoisotopic (exact) mass is 163 g/mol. The molecule has 0 spiro atoms. The SMILES string of the molecule is C=CC(=O)N1C23CCCC1(C2)C3. The van der Waals surface area contributed by atoms with E-state index < -0.39 is 0 Å². The van der Waals surface area contributed by atoms with Crippen molar-refractivity contribution in [2.24, 2.45) is 0 Å². The summed E-state index contributed by atoms with van der Waals surface area (Å²) in [6, 6.07) is 0. The molecule has 0 atom stereocenters. The van der Waals surface area contributed by atoms with Gasteiger partial charge in [-0.05, 0) is 38.2 Å². The highest BCUT2D eigenvalue weighted by atomic mass is 16.2. The van der Waals surface area contributed by atoms with Crippen molar-refractivity contribution in [2.75, 3.05) is 0 Å². The number of carbonyl (C=O) groups is 1. The minimum Gasteiger partial charge on any atom is -0.327 e. The van der Waals surface area contributed by atoms with Crippen molar-refractivity contribution in [3.63, 3.8) is 0 Å². The second kappa shape index (κ2) is 1.61. The fourth-order valence-electron chi connectivity index (χ4n) is 3.69. The third kappa shape index (κ3) is 0.448. The number of rotatable bonds is 1. The van der Waals surface area contributed by atoms with Crippen molar-refractivity contribution in [1.29, 1.82) is 0 Å². The van der Waals surface area contributed by atoms with Gasteiger partial charge in [0.25, 0.3) is 0 Å². The molecule has 6 fully saturated rings. The van der Waals surface area contributed by atoms with Gasteiger partial charge in [-0.15, -0.1) is 0 Å². The molecule has 1 amide bonds. The zero-order valence-corrected chi connectivity index (χ0v) is 7.18. The van der Waals surface area contributed by atoms with Crippen LogP contribution in [0.25, 0.3) is 0 Å². The van der Waals surface area contributed by atoms with Crippen LogP contribution in [-0.2, 0) is 4.79 Å². The summed E-state index contributed by atoms with van der Waals surface area (Å²) in [4.78, 5) is 13.5. The molecule has 2 heteroatoms. The van der Waals surface area contributed by atoms with E-state index in [1.807, 2.05) is 0 Å². The second-order valence-corrected chi connectivity index (χ2v) is 4.53. The molecule has 3 aliphatic carbocycles. The maximum atomic E-state index is 11.4. The molecular formula is C10H13NO. The van der Waals surface area contributed by atoms with E-state index in [0.717, 1.165) is 0 Å². The summed E-state index contributed by atoms with van der Waals surface area (Å²) in [5.74, 6) is 0.159. The molecule has 6 rings (SSSR count). The Kier molecular flexibility index (Phi) is 0.897. The number of carbonyl (C=O) groups excluding carboxylic acids is 1. The van der Waals surface area contributed by atoms with Gasteiger partial charge in [-0.1, -0.05) is 6.58 Å². The van der Waals surface area contributed by atoms with Gasteiger partial charge in [0.15, 0.2) is 0 Å². The first-order valence-electron chi connectivity index (χ1n) is 4.69. The van der Waals surface area contributed by atoms with Crippen LogP contribution in [0.15, 0.2) is 12.7 Å². The van der Waals surface area contributed by atoms with Gasteiger partial charge in [0.1, 0.15) is 0 Å². The number of hydrogen-bond donors (Lipinski definition) is 0. The Morgan fingerprint density at radius 1 is 1.33 bits per heavy atom. The Hall–Kier alpha value is -0.790. The van der Waals surface area contributed by atoms with E-state index in [9.17, 15) is 4.79 Å². The zero-order valence-electron chi connectivity index (χ0n) is 7.18. The van der Waals surface area contributed by atoms with Crippen LogP contribution in [0.2, 0.25) is 0 Å². The minimum absolute atomic E-state index is 0.159. The molecule has 64 valence electrons. The maximum absolute atomic E-state index is 11.4. The van der Waals surface area contributed by atoms with Gasteiger partial charge in [-0.25, -0.2) is 0 Å². The highest BCUT2D eigenvalue weighted by Crippen LogP contribution is 2.70. The average molecular weight is 163 g/mol. The fourth-order valence-corrected chi connectivity index (χ4v) is 3.69. The van der Waals surface area contributed by atoms with Gasteiger partial charge in [0, 0.05) is 11.1 Å². The van der Waals surface area contributed by atoms with E-state index in [0.29, 0.717) is 11.1 Å².